The topological polar surface area (TPSA) is 70.7 Å². The zero-order valence-corrected chi connectivity index (χ0v) is 15.6. The number of nitrogens with one attached hydrogen (secondary N) is 2. The minimum absolute atomic E-state index is 0.198. The summed E-state index contributed by atoms with van der Waals surface area (Å²) in [5.41, 5.74) is 4.26. The lowest BCUT2D eigenvalue weighted by molar-refractivity contribution is 0.101. The van der Waals surface area contributed by atoms with Crippen molar-refractivity contribution in [2.75, 3.05) is 5.32 Å². The van der Waals surface area contributed by atoms with Crippen molar-refractivity contribution in [2.45, 2.75) is 6.42 Å². The Kier molecular flexibility index (Phi) is 4.79. The maximum absolute atomic E-state index is 12.5. The van der Waals surface area contributed by atoms with Crippen LogP contribution >= 0.6 is 23.2 Å². The Balaban J connectivity index is 1.48. The monoisotopic (exact) mass is 396 g/mol. The molecule has 2 N–H and O–H groups in total. The fourth-order valence-electron chi connectivity index (χ4n) is 2.75. The molecule has 134 valence electrons. The second-order valence-corrected chi connectivity index (χ2v) is 6.87. The maximum Gasteiger partial charge on any atom is 0.291 e. The fourth-order valence-corrected chi connectivity index (χ4v) is 3.07. The SMILES string of the molecule is O=C(Nc1ccc(Cc2ccncc2)cc1)c1nc2cc(Cl)c(Cl)cc2[nH]1. The number of aromatic amines is 1. The van der Waals surface area contributed by atoms with E-state index in [9.17, 15) is 4.79 Å². The fraction of sp³-hybridized carbons (Fsp3) is 0.0500. The number of hydrogen-bond donors (Lipinski definition) is 2. The van der Waals surface area contributed by atoms with Crippen molar-refractivity contribution in [2.24, 2.45) is 0 Å². The molecule has 0 aliphatic carbocycles. The minimum atomic E-state index is -0.333. The number of H-pyrrole nitrogens is 1. The molecule has 0 aliphatic rings. The standard InChI is InChI=1S/C20H14Cl2N4O/c21-15-10-17-18(11-16(15)22)26-19(25-17)20(27)24-14-3-1-12(2-4-14)9-13-5-7-23-8-6-13/h1-8,10-11H,9H2,(H,24,27)(H,25,26). The highest BCUT2D eigenvalue weighted by Gasteiger charge is 2.13. The number of imidazole rings is 1. The van der Waals surface area contributed by atoms with Crippen LogP contribution in [-0.4, -0.2) is 20.9 Å². The summed E-state index contributed by atoms with van der Waals surface area (Å²) in [6, 6.07) is 14.9. The van der Waals surface area contributed by atoms with Crippen LogP contribution in [-0.2, 0) is 6.42 Å². The van der Waals surface area contributed by atoms with Gasteiger partial charge < -0.3 is 10.3 Å². The Bertz CT molecular complexity index is 1070. The van der Waals surface area contributed by atoms with Gasteiger partial charge in [0, 0.05) is 18.1 Å². The van der Waals surface area contributed by atoms with Crippen LogP contribution in [0.15, 0.2) is 60.9 Å². The van der Waals surface area contributed by atoms with Gasteiger partial charge in [-0.1, -0.05) is 35.3 Å². The summed E-state index contributed by atoms with van der Waals surface area (Å²) in [4.78, 5) is 23.7. The van der Waals surface area contributed by atoms with E-state index in [1.165, 1.54) is 5.56 Å². The highest BCUT2D eigenvalue weighted by molar-refractivity contribution is 6.42. The average Bonchev–Trinajstić information content (AvgIpc) is 3.07. The Morgan fingerprint density at radius 3 is 2.37 bits per heavy atom. The van der Waals surface area contributed by atoms with Gasteiger partial charge in [0.2, 0.25) is 0 Å². The van der Waals surface area contributed by atoms with Gasteiger partial charge >= 0.3 is 0 Å². The quantitative estimate of drug-likeness (QED) is 0.503. The third-order valence-electron chi connectivity index (χ3n) is 4.11. The van der Waals surface area contributed by atoms with Crippen molar-refractivity contribution in [3.05, 3.63) is 87.9 Å². The van der Waals surface area contributed by atoms with Gasteiger partial charge in [-0.25, -0.2) is 4.98 Å². The Morgan fingerprint density at radius 1 is 0.963 bits per heavy atom. The normalized spacial score (nSPS) is 10.9. The highest BCUT2D eigenvalue weighted by Crippen LogP contribution is 2.26. The molecule has 0 aliphatic heterocycles. The first-order chi connectivity index (χ1) is 13.1. The van der Waals surface area contributed by atoms with E-state index >= 15 is 0 Å². The summed E-state index contributed by atoms with van der Waals surface area (Å²) in [6.07, 6.45) is 4.36. The van der Waals surface area contributed by atoms with Crippen LogP contribution in [0, 0.1) is 0 Å². The zero-order valence-electron chi connectivity index (χ0n) is 14.0. The van der Waals surface area contributed by atoms with Gasteiger partial charge in [-0.15, -0.1) is 0 Å². The van der Waals surface area contributed by atoms with Crippen molar-refractivity contribution >= 4 is 45.8 Å². The molecule has 0 unspecified atom stereocenters. The van der Waals surface area contributed by atoms with Gasteiger partial charge in [0.25, 0.3) is 5.91 Å². The lowest BCUT2D eigenvalue weighted by Crippen LogP contribution is -2.13. The largest absolute Gasteiger partial charge is 0.334 e. The molecule has 0 saturated carbocycles. The molecule has 7 heteroatoms. The Labute approximate surface area is 165 Å². The summed E-state index contributed by atoms with van der Waals surface area (Å²) in [6.45, 7) is 0. The van der Waals surface area contributed by atoms with E-state index in [0.29, 0.717) is 26.8 Å². The maximum atomic E-state index is 12.5. The molecule has 5 nitrogen and oxygen atoms in total. The third kappa shape index (κ3) is 3.94. The molecule has 0 spiro atoms. The molecule has 1 amide bonds. The lowest BCUT2D eigenvalue weighted by Gasteiger charge is -2.05. The van der Waals surface area contributed by atoms with Crippen LogP contribution in [0.3, 0.4) is 0 Å². The van der Waals surface area contributed by atoms with Crippen molar-refractivity contribution in [3.8, 4) is 0 Å². The number of amides is 1. The first-order valence-corrected chi connectivity index (χ1v) is 8.98. The van der Waals surface area contributed by atoms with Crippen molar-refractivity contribution < 1.29 is 4.79 Å². The third-order valence-corrected chi connectivity index (χ3v) is 4.83. The van der Waals surface area contributed by atoms with Gasteiger partial charge in [-0.05, 0) is 53.9 Å². The van der Waals surface area contributed by atoms with Gasteiger partial charge in [0.05, 0.1) is 21.1 Å². The number of aromatic nitrogens is 3. The first kappa shape index (κ1) is 17.5. The predicted octanol–water partition coefficient (Wildman–Crippen LogP) is 5.11. The summed E-state index contributed by atoms with van der Waals surface area (Å²) >= 11 is 12.0. The summed E-state index contributed by atoms with van der Waals surface area (Å²) < 4.78 is 0. The molecule has 0 saturated heterocycles. The van der Waals surface area contributed by atoms with Crippen LogP contribution in [0.2, 0.25) is 10.0 Å². The van der Waals surface area contributed by atoms with Crippen LogP contribution < -0.4 is 5.32 Å². The molecule has 4 rings (SSSR count). The number of halogens is 2. The molecule has 0 atom stereocenters. The van der Waals surface area contributed by atoms with Gasteiger partial charge in [0.15, 0.2) is 5.82 Å². The highest BCUT2D eigenvalue weighted by atomic mass is 35.5. The first-order valence-electron chi connectivity index (χ1n) is 8.22. The molecule has 0 radical (unpaired) electrons. The van der Waals surface area contributed by atoms with Crippen molar-refractivity contribution in [3.63, 3.8) is 0 Å². The summed E-state index contributed by atoms with van der Waals surface area (Å²) in [5, 5.41) is 3.63. The Hall–Kier alpha value is -2.89. The molecule has 2 heterocycles. The van der Waals surface area contributed by atoms with E-state index in [1.807, 2.05) is 36.4 Å². The van der Waals surface area contributed by atoms with E-state index in [2.05, 4.69) is 20.3 Å². The minimum Gasteiger partial charge on any atom is -0.334 e. The molecule has 27 heavy (non-hydrogen) atoms. The van der Waals surface area contributed by atoms with E-state index < -0.39 is 0 Å². The molecule has 2 aromatic heterocycles. The van der Waals surface area contributed by atoms with Crippen LogP contribution in [0.4, 0.5) is 5.69 Å². The number of pyridine rings is 1. The number of nitrogens with zero attached hydrogens (tertiary/aromatic N) is 2. The number of carbonyl (C=O) groups excluding carboxylic acids is 1. The van der Waals surface area contributed by atoms with Gasteiger partial charge in [-0.2, -0.15) is 0 Å². The second-order valence-electron chi connectivity index (χ2n) is 6.05. The summed E-state index contributed by atoms with van der Waals surface area (Å²) in [5.74, 6) is -0.135. The predicted molar refractivity (Wildman–Crippen MR) is 108 cm³/mol. The smallest absolute Gasteiger partial charge is 0.291 e. The molecule has 2 aromatic carbocycles. The number of fused-ring (bicyclic) bond motifs is 1. The average molecular weight is 397 g/mol. The number of benzene rings is 2. The molecular weight excluding hydrogens is 383 g/mol. The molecule has 0 fully saturated rings. The van der Waals surface area contributed by atoms with Gasteiger partial charge in [0.1, 0.15) is 0 Å². The molecular formula is C20H14Cl2N4O. The number of anilines is 1. The van der Waals surface area contributed by atoms with E-state index in [1.54, 1.807) is 24.5 Å². The summed E-state index contributed by atoms with van der Waals surface area (Å²) in [7, 11) is 0. The lowest BCUT2D eigenvalue weighted by atomic mass is 10.1. The van der Waals surface area contributed by atoms with E-state index in [4.69, 9.17) is 23.2 Å². The number of hydrogen-bond acceptors (Lipinski definition) is 3. The number of carbonyl (C=O) groups is 1. The van der Waals surface area contributed by atoms with E-state index in [-0.39, 0.29) is 11.7 Å². The Morgan fingerprint density at radius 2 is 1.63 bits per heavy atom. The van der Waals surface area contributed by atoms with Crippen LogP contribution in [0.25, 0.3) is 11.0 Å². The second kappa shape index (κ2) is 7.39. The van der Waals surface area contributed by atoms with E-state index in [0.717, 1.165) is 12.0 Å². The molecule has 0 bridgehead atoms. The number of rotatable bonds is 4. The van der Waals surface area contributed by atoms with Crippen LogP contribution in [0.1, 0.15) is 21.7 Å². The van der Waals surface area contributed by atoms with Crippen LogP contribution in [0.5, 0.6) is 0 Å². The zero-order chi connectivity index (χ0) is 18.8. The van der Waals surface area contributed by atoms with Crippen molar-refractivity contribution in [1.29, 1.82) is 0 Å². The van der Waals surface area contributed by atoms with Crippen molar-refractivity contribution in [1.82, 2.24) is 15.0 Å². The molecule has 4 aromatic rings. The van der Waals surface area contributed by atoms with Gasteiger partial charge in [-0.3, -0.25) is 9.78 Å².